The van der Waals surface area contributed by atoms with Crippen LogP contribution in [0.25, 0.3) is 0 Å². The van der Waals surface area contributed by atoms with Crippen molar-refractivity contribution < 1.29 is 9.90 Å². The van der Waals surface area contributed by atoms with Crippen LogP contribution >= 0.6 is 0 Å². The third kappa shape index (κ3) is 3.66. The molecule has 0 aromatic carbocycles. The molecule has 2 heterocycles. The molecule has 1 saturated heterocycles. The van der Waals surface area contributed by atoms with Crippen molar-refractivity contribution >= 4 is 11.6 Å². The minimum absolute atomic E-state index is 0.00908. The van der Waals surface area contributed by atoms with Crippen molar-refractivity contribution in [1.29, 1.82) is 0 Å². The number of piperazine rings is 1. The number of anilines is 1. The number of nitrogens with zero attached hydrogens (tertiary/aromatic N) is 4. The van der Waals surface area contributed by atoms with Crippen LogP contribution in [-0.2, 0) is 11.8 Å². The van der Waals surface area contributed by atoms with Gasteiger partial charge in [0.15, 0.2) is 0 Å². The van der Waals surface area contributed by atoms with E-state index >= 15 is 0 Å². The van der Waals surface area contributed by atoms with E-state index in [0.29, 0.717) is 6.54 Å². The van der Waals surface area contributed by atoms with Gasteiger partial charge >= 0.3 is 0 Å². The van der Waals surface area contributed by atoms with Gasteiger partial charge < -0.3 is 10.4 Å². The van der Waals surface area contributed by atoms with Gasteiger partial charge in [0, 0.05) is 39.8 Å². The van der Waals surface area contributed by atoms with Crippen LogP contribution in [0.1, 0.15) is 18.3 Å². The number of aromatic nitrogens is 2. The first-order valence-corrected chi connectivity index (χ1v) is 7.82. The highest BCUT2D eigenvalue weighted by molar-refractivity contribution is 5.95. The van der Waals surface area contributed by atoms with Gasteiger partial charge in [0.25, 0.3) is 0 Å². The number of carbonyl (C=O) groups is 1. The lowest BCUT2D eigenvalue weighted by atomic mass is 10.2. The van der Waals surface area contributed by atoms with Crippen LogP contribution in [0.3, 0.4) is 0 Å². The second kappa shape index (κ2) is 7.21. The van der Waals surface area contributed by atoms with E-state index in [4.69, 9.17) is 5.11 Å². The molecule has 1 fully saturated rings. The molecular formula is C15H27N5O2. The van der Waals surface area contributed by atoms with Crippen molar-refractivity contribution in [3.8, 4) is 0 Å². The average molecular weight is 309 g/mol. The summed E-state index contributed by atoms with van der Waals surface area (Å²) in [5.41, 5.74) is 2.62. The van der Waals surface area contributed by atoms with Gasteiger partial charge in [-0.2, -0.15) is 5.10 Å². The fourth-order valence-electron chi connectivity index (χ4n) is 2.86. The quantitative estimate of drug-likeness (QED) is 0.799. The van der Waals surface area contributed by atoms with Gasteiger partial charge in [0.2, 0.25) is 5.91 Å². The van der Waals surface area contributed by atoms with Crippen LogP contribution in [0.5, 0.6) is 0 Å². The number of β-amino-alcohol motifs (C(OH)–C–C–N with tert-alkyl or cyclic N) is 1. The Balaban J connectivity index is 1.93. The molecule has 0 bridgehead atoms. The Bertz CT molecular complexity index is 520. The fraction of sp³-hybridized carbons (Fsp3) is 0.733. The Labute approximate surface area is 131 Å². The Morgan fingerprint density at radius 2 is 1.95 bits per heavy atom. The van der Waals surface area contributed by atoms with E-state index in [1.807, 2.05) is 27.8 Å². The summed E-state index contributed by atoms with van der Waals surface area (Å²) < 4.78 is 1.78. The molecule has 22 heavy (non-hydrogen) atoms. The molecule has 1 aliphatic heterocycles. The van der Waals surface area contributed by atoms with Gasteiger partial charge in [0.05, 0.1) is 29.7 Å². The van der Waals surface area contributed by atoms with Crippen molar-refractivity contribution in [2.75, 3.05) is 44.6 Å². The summed E-state index contributed by atoms with van der Waals surface area (Å²) in [5, 5.41) is 16.3. The zero-order valence-corrected chi connectivity index (χ0v) is 14.0. The molecule has 1 aromatic heterocycles. The highest BCUT2D eigenvalue weighted by Crippen LogP contribution is 2.19. The molecule has 1 atom stereocenters. The number of carbonyl (C=O) groups excluding carboxylic acids is 1. The molecule has 7 heteroatoms. The van der Waals surface area contributed by atoms with Gasteiger partial charge in [-0.1, -0.05) is 0 Å². The SMILES string of the molecule is Cc1nn(C)c(C)c1NC(=O)C(C)N1CCN(CCO)CC1. The van der Waals surface area contributed by atoms with E-state index in [1.165, 1.54) is 0 Å². The van der Waals surface area contributed by atoms with Crippen molar-refractivity contribution in [2.45, 2.75) is 26.8 Å². The van der Waals surface area contributed by atoms with E-state index in [2.05, 4.69) is 20.2 Å². The van der Waals surface area contributed by atoms with Gasteiger partial charge in [-0.3, -0.25) is 19.3 Å². The van der Waals surface area contributed by atoms with Crippen LogP contribution in [-0.4, -0.2) is 76.0 Å². The molecule has 0 aliphatic carbocycles. The second-order valence-electron chi connectivity index (χ2n) is 5.94. The summed E-state index contributed by atoms with van der Waals surface area (Å²) in [4.78, 5) is 16.9. The number of hydrogen-bond donors (Lipinski definition) is 2. The Kier molecular flexibility index (Phi) is 5.55. The minimum atomic E-state index is -0.171. The lowest BCUT2D eigenvalue weighted by molar-refractivity contribution is -0.121. The first-order chi connectivity index (χ1) is 10.4. The number of aliphatic hydroxyl groups is 1. The first-order valence-electron chi connectivity index (χ1n) is 7.82. The van der Waals surface area contributed by atoms with E-state index in [0.717, 1.165) is 43.3 Å². The largest absolute Gasteiger partial charge is 0.395 e. The standard InChI is InChI=1S/C15H27N5O2/c1-11-14(12(2)18(4)17-11)16-15(22)13(3)20-7-5-19(6-8-20)9-10-21/h13,21H,5-10H2,1-4H3,(H,16,22). The van der Waals surface area contributed by atoms with Crippen molar-refractivity contribution in [3.63, 3.8) is 0 Å². The molecule has 1 amide bonds. The highest BCUT2D eigenvalue weighted by Gasteiger charge is 2.26. The maximum absolute atomic E-state index is 12.5. The van der Waals surface area contributed by atoms with Crippen LogP contribution in [0.2, 0.25) is 0 Å². The smallest absolute Gasteiger partial charge is 0.241 e. The van der Waals surface area contributed by atoms with Crippen LogP contribution < -0.4 is 5.32 Å². The number of rotatable bonds is 5. The van der Waals surface area contributed by atoms with Crippen molar-refractivity contribution in [1.82, 2.24) is 19.6 Å². The van der Waals surface area contributed by atoms with Gasteiger partial charge in [-0.15, -0.1) is 0 Å². The number of aliphatic hydroxyl groups excluding tert-OH is 1. The van der Waals surface area contributed by atoms with Gasteiger partial charge in [-0.25, -0.2) is 0 Å². The molecule has 2 rings (SSSR count). The third-order valence-corrected chi connectivity index (χ3v) is 4.51. The summed E-state index contributed by atoms with van der Waals surface area (Å²) in [6.45, 7) is 10.2. The van der Waals surface area contributed by atoms with Gasteiger partial charge in [-0.05, 0) is 20.8 Å². The number of nitrogens with one attached hydrogen (secondary N) is 1. The summed E-state index contributed by atoms with van der Waals surface area (Å²) in [5.74, 6) is 0.00908. The third-order valence-electron chi connectivity index (χ3n) is 4.51. The predicted molar refractivity (Wildman–Crippen MR) is 85.9 cm³/mol. The predicted octanol–water partition coefficient (Wildman–Crippen LogP) is -0.0262. The highest BCUT2D eigenvalue weighted by atomic mass is 16.3. The van der Waals surface area contributed by atoms with Crippen molar-refractivity contribution in [3.05, 3.63) is 11.4 Å². The fourth-order valence-corrected chi connectivity index (χ4v) is 2.86. The molecule has 0 spiro atoms. The molecule has 0 saturated carbocycles. The molecule has 2 N–H and O–H groups in total. The van der Waals surface area contributed by atoms with Crippen LogP contribution in [0.4, 0.5) is 5.69 Å². The number of aryl methyl sites for hydroxylation is 2. The first kappa shape index (κ1) is 16.9. The maximum atomic E-state index is 12.5. The Morgan fingerprint density at radius 1 is 1.32 bits per heavy atom. The van der Waals surface area contributed by atoms with E-state index in [9.17, 15) is 4.79 Å². The number of hydrogen-bond acceptors (Lipinski definition) is 5. The molecule has 1 unspecified atom stereocenters. The monoisotopic (exact) mass is 309 g/mol. The summed E-state index contributed by atoms with van der Waals surface area (Å²) in [6.07, 6.45) is 0. The Morgan fingerprint density at radius 3 is 2.45 bits per heavy atom. The maximum Gasteiger partial charge on any atom is 0.241 e. The molecule has 124 valence electrons. The number of amides is 1. The van der Waals surface area contributed by atoms with Crippen molar-refractivity contribution in [2.24, 2.45) is 7.05 Å². The van der Waals surface area contributed by atoms with Gasteiger partial charge in [0.1, 0.15) is 0 Å². The van der Waals surface area contributed by atoms with E-state index < -0.39 is 0 Å². The lowest BCUT2D eigenvalue weighted by Gasteiger charge is -2.37. The summed E-state index contributed by atoms with van der Waals surface area (Å²) >= 11 is 0. The summed E-state index contributed by atoms with van der Waals surface area (Å²) in [7, 11) is 1.88. The molecular weight excluding hydrogens is 282 g/mol. The minimum Gasteiger partial charge on any atom is -0.395 e. The summed E-state index contributed by atoms with van der Waals surface area (Å²) in [6, 6.07) is -0.171. The van der Waals surface area contributed by atoms with E-state index in [1.54, 1.807) is 4.68 Å². The zero-order chi connectivity index (χ0) is 16.3. The second-order valence-corrected chi connectivity index (χ2v) is 5.94. The normalized spacial score (nSPS) is 18.4. The topological polar surface area (TPSA) is 73.6 Å². The molecule has 1 aliphatic rings. The molecule has 1 aromatic rings. The van der Waals surface area contributed by atoms with E-state index in [-0.39, 0.29) is 18.6 Å². The lowest BCUT2D eigenvalue weighted by Crippen LogP contribution is -2.53. The van der Waals surface area contributed by atoms with Crippen LogP contribution in [0, 0.1) is 13.8 Å². The zero-order valence-electron chi connectivity index (χ0n) is 14.0. The average Bonchev–Trinajstić information content (AvgIpc) is 2.74. The molecule has 0 radical (unpaired) electrons. The molecule has 7 nitrogen and oxygen atoms in total. The van der Waals surface area contributed by atoms with Crippen LogP contribution in [0.15, 0.2) is 0 Å². The Hall–Kier alpha value is -1.44.